The Bertz CT molecular complexity index is 581. The lowest BCUT2D eigenvalue weighted by Gasteiger charge is -2.17. The summed E-state index contributed by atoms with van der Waals surface area (Å²) in [7, 11) is 1.55. The molecule has 21 heavy (non-hydrogen) atoms. The molecule has 0 radical (unpaired) electrons. The highest BCUT2D eigenvalue weighted by Crippen LogP contribution is 2.28. The number of aliphatic hydroxyl groups is 1. The van der Waals surface area contributed by atoms with Gasteiger partial charge in [0, 0.05) is 11.1 Å². The molecular formula is C15H19ClN2O3. The van der Waals surface area contributed by atoms with Crippen molar-refractivity contribution in [1.29, 1.82) is 0 Å². The van der Waals surface area contributed by atoms with Gasteiger partial charge in [-0.05, 0) is 38.1 Å². The van der Waals surface area contributed by atoms with Crippen LogP contribution in [-0.2, 0) is 0 Å². The maximum absolute atomic E-state index is 10.4. The van der Waals surface area contributed by atoms with Gasteiger partial charge in [-0.2, -0.15) is 5.10 Å². The van der Waals surface area contributed by atoms with E-state index in [1.54, 1.807) is 42.3 Å². The first kappa shape index (κ1) is 15.7. The first-order chi connectivity index (χ1) is 10.0. The summed E-state index contributed by atoms with van der Waals surface area (Å²) in [6, 6.07) is 7.11. The number of hydrogen-bond donors (Lipinski definition) is 1. The molecule has 0 fully saturated rings. The van der Waals surface area contributed by atoms with Gasteiger partial charge in [0.05, 0.1) is 13.3 Å². The molecule has 0 aliphatic rings. The Hall–Kier alpha value is -1.72. The predicted octanol–water partition coefficient (Wildman–Crippen LogP) is 3.24. The summed E-state index contributed by atoms with van der Waals surface area (Å²) < 4.78 is 12.6. The Morgan fingerprint density at radius 1 is 1.29 bits per heavy atom. The summed E-state index contributed by atoms with van der Waals surface area (Å²) in [5, 5.41) is 15.2. The maximum atomic E-state index is 10.4. The number of aromatic nitrogens is 2. The van der Waals surface area contributed by atoms with E-state index < -0.39 is 6.10 Å². The SMILES string of the molecule is COc1cnn(C(C)C)c1C(O)COc1ccc(Cl)cc1. The minimum atomic E-state index is -0.833. The molecular weight excluding hydrogens is 292 g/mol. The molecule has 5 nitrogen and oxygen atoms in total. The zero-order valence-electron chi connectivity index (χ0n) is 12.3. The molecule has 0 bridgehead atoms. The molecule has 2 rings (SSSR count). The highest BCUT2D eigenvalue weighted by atomic mass is 35.5. The predicted molar refractivity (Wildman–Crippen MR) is 81.1 cm³/mol. The van der Waals surface area contributed by atoms with Gasteiger partial charge in [-0.1, -0.05) is 11.6 Å². The van der Waals surface area contributed by atoms with Gasteiger partial charge in [0.25, 0.3) is 0 Å². The van der Waals surface area contributed by atoms with Crippen molar-refractivity contribution in [2.45, 2.75) is 26.0 Å². The average molecular weight is 311 g/mol. The van der Waals surface area contributed by atoms with Crippen molar-refractivity contribution in [1.82, 2.24) is 9.78 Å². The third-order valence-electron chi connectivity index (χ3n) is 3.04. The third kappa shape index (κ3) is 3.68. The van der Waals surface area contributed by atoms with Crippen LogP contribution in [0.5, 0.6) is 11.5 Å². The van der Waals surface area contributed by atoms with Crippen LogP contribution in [0.3, 0.4) is 0 Å². The van der Waals surface area contributed by atoms with Crippen molar-refractivity contribution in [3.8, 4) is 11.5 Å². The normalized spacial score (nSPS) is 12.5. The van der Waals surface area contributed by atoms with E-state index in [1.165, 1.54) is 0 Å². The van der Waals surface area contributed by atoms with Crippen LogP contribution in [0.1, 0.15) is 31.7 Å². The Kier molecular flexibility index (Phi) is 5.09. The first-order valence-corrected chi connectivity index (χ1v) is 7.08. The Morgan fingerprint density at radius 3 is 2.52 bits per heavy atom. The molecule has 1 aromatic heterocycles. The van der Waals surface area contributed by atoms with Crippen LogP contribution in [0.15, 0.2) is 30.5 Å². The van der Waals surface area contributed by atoms with Crippen molar-refractivity contribution in [3.05, 3.63) is 41.2 Å². The highest BCUT2D eigenvalue weighted by Gasteiger charge is 2.22. The second-order valence-electron chi connectivity index (χ2n) is 4.92. The molecule has 0 aliphatic heterocycles. The number of halogens is 1. The molecule has 0 aliphatic carbocycles. The molecule has 1 heterocycles. The van der Waals surface area contributed by atoms with E-state index in [1.807, 2.05) is 13.8 Å². The maximum Gasteiger partial charge on any atom is 0.162 e. The van der Waals surface area contributed by atoms with Gasteiger partial charge in [-0.3, -0.25) is 4.68 Å². The van der Waals surface area contributed by atoms with Gasteiger partial charge in [0.1, 0.15) is 24.2 Å². The fourth-order valence-electron chi connectivity index (χ4n) is 2.03. The van der Waals surface area contributed by atoms with Gasteiger partial charge in [-0.15, -0.1) is 0 Å². The number of methoxy groups -OCH3 is 1. The van der Waals surface area contributed by atoms with Crippen LogP contribution in [0.25, 0.3) is 0 Å². The first-order valence-electron chi connectivity index (χ1n) is 6.70. The molecule has 6 heteroatoms. The summed E-state index contributed by atoms with van der Waals surface area (Å²) in [4.78, 5) is 0. The van der Waals surface area contributed by atoms with E-state index in [-0.39, 0.29) is 12.6 Å². The largest absolute Gasteiger partial charge is 0.493 e. The van der Waals surface area contributed by atoms with Crippen molar-refractivity contribution >= 4 is 11.6 Å². The van der Waals surface area contributed by atoms with Crippen molar-refractivity contribution < 1.29 is 14.6 Å². The smallest absolute Gasteiger partial charge is 0.162 e. The molecule has 0 spiro atoms. The molecule has 2 aromatic rings. The number of benzene rings is 1. The van der Waals surface area contributed by atoms with E-state index in [0.717, 1.165) is 0 Å². The molecule has 1 unspecified atom stereocenters. The van der Waals surface area contributed by atoms with Gasteiger partial charge < -0.3 is 14.6 Å². The van der Waals surface area contributed by atoms with Crippen LogP contribution in [-0.4, -0.2) is 28.6 Å². The molecule has 0 saturated carbocycles. The number of ether oxygens (including phenoxy) is 2. The number of hydrogen-bond acceptors (Lipinski definition) is 4. The van der Waals surface area contributed by atoms with Crippen LogP contribution in [0.4, 0.5) is 0 Å². The molecule has 114 valence electrons. The lowest BCUT2D eigenvalue weighted by atomic mass is 10.2. The lowest BCUT2D eigenvalue weighted by molar-refractivity contribution is 0.0964. The Labute approximate surface area is 129 Å². The second kappa shape index (κ2) is 6.83. The van der Waals surface area contributed by atoms with Gasteiger partial charge >= 0.3 is 0 Å². The van der Waals surface area contributed by atoms with E-state index in [2.05, 4.69) is 5.10 Å². The molecule has 0 amide bonds. The lowest BCUT2D eigenvalue weighted by Crippen LogP contribution is -2.17. The zero-order chi connectivity index (χ0) is 15.4. The molecule has 1 N–H and O–H groups in total. The van der Waals surface area contributed by atoms with Crippen LogP contribution in [0.2, 0.25) is 5.02 Å². The van der Waals surface area contributed by atoms with Crippen molar-refractivity contribution in [2.24, 2.45) is 0 Å². The molecule has 0 saturated heterocycles. The monoisotopic (exact) mass is 310 g/mol. The minimum Gasteiger partial charge on any atom is -0.493 e. The second-order valence-corrected chi connectivity index (χ2v) is 5.35. The standard InChI is InChI=1S/C15H19ClN2O3/c1-10(2)18-15(14(20-3)8-17-18)13(19)9-21-12-6-4-11(16)5-7-12/h4-8,10,13,19H,9H2,1-3H3. The van der Waals surface area contributed by atoms with E-state index in [9.17, 15) is 5.11 Å². The fourth-order valence-corrected chi connectivity index (χ4v) is 2.15. The summed E-state index contributed by atoms with van der Waals surface area (Å²) >= 11 is 5.82. The third-order valence-corrected chi connectivity index (χ3v) is 3.30. The summed E-state index contributed by atoms with van der Waals surface area (Å²) in [6.07, 6.45) is 0.765. The minimum absolute atomic E-state index is 0.108. The fraction of sp³-hybridized carbons (Fsp3) is 0.400. The van der Waals surface area contributed by atoms with Gasteiger partial charge in [-0.25, -0.2) is 0 Å². The Balaban J connectivity index is 2.11. The molecule has 1 aromatic carbocycles. The van der Waals surface area contributed by atoms with Crippen molar-refractivity contribution in [3.63, 3.8) is 0 Å². The van der Waals surface area contributed by atoms with Crippen LogP contribution in [0, 0.1) is 0 Å². The van der Waals surface area contributed by atoms with Crippen LogP contribution >= 0.6 is 11.6 Å². The van der Waals surface area contributed by atoms with E-state index in [0.29, 0.717) is 22.2 Å². The summed E-state index contributed by atoms with van der Waals surface area (Å²) in [5.41, 5.74) is 0.612. The summed E-state index contributed by atoms with van der Waals surface area (Å²) in [6.45, 7) is 4.09. The highest BCUT2D eigenvalue weighted by molar-refractivity contribution is 6.30. The van der Waals surface area contributed by atoms with E-state index >= 15 is 0 Å². The average Bonchev–Trinajstić information content (AvgIpc) is 2.90. The van der Waals surface area contributed by atoms with Gasteiger partial charge in [0.2, 0.25) is 0 Å². The molecule has 1 atom stereocenters. The van der Waals surface area contributed by atoms with Crippen molar-refractivity contribution in [2.75, 3.05) is 13.7 Å². The quantitative estimate of drug-likeness (QED) is 0.890. The number of aliphatic hydroxyl groups excluding tert-OH is 1. The number of nitrogens with zero attached hydrogens (tertiary/aromatic N) is 2. The topological polar surface area (TPSA) is 56.5 Å². The Morgan fingerprint density at radius 2 is 1.95 bits per heavy atom. The van der Waals surface area contributed by atoms with E-state index in [4.69, 9.17) is 21.1 Å². The zero-order valence-corrected chi connectivity index (χ0v) is 13.0. The number of rotatable bonds is 6. The summed E-state index contributed by atoms with van der Waals surface area (Å²) in [5.74, 6) is 1.20. The van der Waals surface area contributed by atoms with Crippen LogP contribution < -0.4 is 9.47 Å². The van der Waals surface area contributed by atoms with Gasteiger partial charge in [0.15, 0.2) is 5.75 Å².